The summed E-state index contributed by atoms with van der Waals surface area (Å²) in [6, 6.07) is 15.3. The third-order valence-corrected chi connectivity index (χ3v) is 3.57. The van der Waals surface area contributed by atoms with Gasteiger partial charge in [-0.1, -0.05) is 44.5 Å². The number of carbonyl (C=O) groups excluding carboxylic acids is 1. The standard InChI is InChI=1S/C19H16O3/c1-4-21-17-9-5-15(6-10-17)19(2,3)16-7-11-18(12-8-16)22-14-13-20/h1,5-12,14H,2-3H3. The van der Waals surface area contributed by atoms with E-state index < -0.39 is 0 Å². The van der Waals surface area contributed by atoms with Crippen LogP contribution < -0.4 is 9.47 Å². The highest BCUT2D eigenvalue weighted by molar-refractivity contribution is 5.45. The van der Waals surface area contributed by atoms with Crippen LogP contribution in [0, 0.1) is 12.5 Å². The average molecular weight is 292 g/mol. The molecule has 0 unspecified atom stereocenters. The van der Waals surface area contributed by atoms with Crippen molar-refractivity contribution in [1.82, 2.24) is 0 Å². The van der Waals surface area contributed by atoms with Crippen molar-refractivity contribution in [3.8, 4) is 24.0 Å². The minimum Gasteiger partial charge on any atom is -0.453 e. The molecule has 2 aromatic carbocycles. The summed E-state index contributed by atoms with van der Waals surface area (Å²) in [4.78, 5) is 10.1. The lowest BCUT2D eigenvalue weighted by Gasteiger charge is -2.26. The molecule has 0 aliphatic rings. The maximum Gasteiger partial charge on any atom is 0.174 e. The van der Waals surface area contributed by atoms with Gasteiger partial charge in [-0.15, -0.1) is 0 Å². The molecule has 0 N–H and O–H groups in total. The molecular formula is C19H16O3. The molecule has 2 aromatic rings. The van der Waals surface area contributed by atoms with Gasteiger partial charge in [0.25, 0.3) is 0 Å². The van der Waals surface area contributed by atoms with Crippen molar-refractivity contribution in [1.29, 1.82) is 0 Å². The monoisotopic (exact) mass is 292 g/mol. The Hall–Kier alpha value is -2.95. The first kappa shape index (κ1) is 15.4. The summed E-state index contributed by atoms with van der Waals surface area (Å²) >= 11 is 0. The third kappa shape index (κ3) is 3.38. The molecule has 0 amide bonds. The first-order valence-electron chi connectivity index (χ1n) is 6.77. The van der Waals surface area contributed by atoms with Gasteiger partial charge in [0.1, 0.15) is 17.6 Å². The van der Waals surface area contributed by atoms with Crippen LogP contribution in [0.2, 0.25) is 0 Å². The molecule has 3 nitrogen and oxygen atoms in total. The van der Waals surface area contributed by atoms with Gasteiger partial charge in [0.2, 0.25) is 0 Å². The SMILES string of the molecule is C#COc1ccc(C(C)(C)c2ccc(OC=C=O)cc2)cc1. The summed E-state index contributed by atoms with van der Waals surface area (Å²) in [5, 5.41) is 0. The average Bonchev–Trinajstić information content (AvgIpc) is 2.54. The zero-order chi connectivity index (χ0) is 16.0. The molecule has 0 heterocycles. The topological polar surface area (TPSA) is 35.5 Å². The Morgan fingerprint density at radius 2 is 1.45 bits per heavy atom. The molecule has 0 bridgehead atoms. The first-order chi connectivity index (χ1) is 10.6. The summed E-state index contributed by atoms with van der Waals surface area (Å²) in [6.45, 7) is 4.26. The van der Waals surface area contributed by atoms with Crippen molar-refractivity contribution < 1.29 is 14.3 Å². The second kappa shape index (κ2) is 6.67. The van der Waals surface area contributed by atoms with E-state index >= 15 is 0 Å². The Morgan fingerprint density at radius 1 is 0.955 bits per heavy atom. The van der Waals surface area contributed by atoms with Gasteiger partial charge >= 0.3 is 0 Å². The van der Waals surface area contributed by atoms with Crippen molar-refractivity contribution in [2.45, 2.75) is 19.3 Å². The molecule has 0 atom stereocenters. The number of benzene rings is 2. The first-order valence-corrected chi connectivity index (χ1v) is 6.77. The van der Waals surface area contributed by atoms with E-state index in [2.05, 4.69) is 20.0 Å². The van der Waals surface area contributed by atoms with Gasteiger partial charge in [-0.05, 0) is 35.4 Å². The lowest BCUT2D eigenvalue weighted by atomic mass is 9.78. The maximum absolute atomic E-state index is 10.1. The second-order valence-electron chi connectivity index (χ2n) is 5.25. The van der Waals surface area contributed by atoms with Crippen molar-refractivity contribution in [3.05, 3.63) is 65.9 Å². The lowest BCUT2D eigenvalue weighted by molar-refractivity contribution is 0.476. The number of rotatable bonds is 5. The van der Waals surface area contributed by atoms with E-state index in [4.69, 9.17) is 15.9 Å². The Bertz CT molecular complexity index is 713. The highest BCUT2D eigenvalue weighted by Gasteiger charge is 2.23. The zero-order valence-electron chi connectivity index (χ0n) is 12.5. The summed E-state index contributed by atoms with van der Waals surface area (Å²) in [6.07, 6.45) is 8.26. The third-order valence-electron chi connectivity index (χ3n) is 3.57. The van der Waals surface area contributed by atoms with Crippen molar-refractivity contribution in [2.75, 3.05) is 0 Å². The minimum atomic E-state index is -0.187. The Kier molecular flexibility index (Phi) is 4.68. The number of hydrogen-bond acceptors (Lipinski definition) is 3. The van der Waals surface area contributed by atoms with Crippen molar-refractivity contribution in [3.63, 3.8) is 0 Å². The van der Waals surface area contributed by atoms with Crippen LogP contribution in [0.3, 0.4) is 0 Å². The number of ether oxygens (including phenoxy) is 2. The van der Waals surface area contributed by atoms with Gasteiger partial charge in [0.05, 0.1) is 0 Å². The molecule has 0 aliphatic carbocycles. The van der Waals surface area contributed by atoms with Crippen LogP contribution in [0.5, 0.6) is 11.5 Å². The normalized spacial score (nSPS) is 10.2. The maximum atomic E-state index is 10.1. The molecule has 0 spiro atoms. The Morgan fingerprint density at radius 3 is 1.91 bits per heavy atom. The van der Waals surface area contributed by atoms with Gasteiger partial charge in [-0.3, -0.25) is 0 Å². The molecule has 110 valence electrons. The fourth-order valence-electron chi connectivity index (χ4n) is 2.22. The van der Waals surface area contributed by atoms with Crippen LogP contribution in [0.15, 0.2) is 54.8 Å². The molecule has 0 aromatic heterocycles. The summed E-state index contributed by atoms with van der Waals surface area (Å²) in [5.74, 6) is 2.82. The number of hydrogen-bond donors (Lipinski definition) is 0. The van der Waals surface area contributed by atoms with E-state index in [0.29, 0.717) is 11.5 Å². The Labute approximate surface area is 130 Å². The molecular weight excluding hydrogens is 276 g/mol. The lowest BCUT2D eigenvalue weighted by Crippen LogP contribution is -2.18. The van der Waals surface area contributed by atoms with Crippen LogP contribution in [0.4, 0.5) is 0 Å². The van der Waals surface area contributed by atoms with Gasteiger partial charge in [0.15, 0.2) is 12.2 Å². The van der Waals surface area contributed by atoms with Gasteiger partial charge in [-0.2, -0.15) is 0 Å². The summed E-state index contributed by atoms with van der Waals surface area (Å²) < 4.78 is 10.1. The molecule has 3 heteroatoms. The van der Waals surface area contributed by atoms with Crippen LogP contribution in [0.25, 0.3) is 0 Å². The Balaban J connectivity index is 2.25. The highest BCUT2D eigenvalue weighted by atomic mass is 16.5. The molecule has 2 rings (SSSR count). The molecule has 0 fully saturated rings. The van der Waals surface area contributed by atoms with Gasteiger partial charge < -0.3 is 9.47 Å². The fourth-order valence-corrected chi connectivity index (χ4v) is 2.22. The van der Waals surface area contributed by atoms with Crippen LogP contribution in [-0.2, 0) is 10.2 Å². The van der Waals surface area contributed by atoms with Crippen LogP contribution in [-0.4, -0.2) is 5.94 Å². The zero-order valence-corrected chi connectivity index (χ0v) is 12.5. The van der Waals surface area contributed by atoms with E-state index in [1.54, 1.807) is 5.94 Å². The smallest absolute Gasteiger partial charge is 0.174 e. The minimum absolute atomic E-state index is 0.187. The number of terminal acetylenes is 1. The molecule has 0 aliphatic heterocycles. The van der Waals surface area contributed by atoms with E-state index in [1.807, 2.05) is 48.5 Å². The summed E-state index contributed by atoms with van der Waals surface area (Å²) in [7, 11) is 0. The highest BCUT2D eigenvalue weighted by Crippen LogP contribution is 2.33. The fraction of sp³-hybridized carbons (Fsp3) is 0.158. The van der Waals surface area contributed by atoms with E-state index in [9.17, 15) is 4.79 Å². The molecule has 0 saturated heterocycles. The summed E-state index contributed by atoms with van der Waals surface area (Å²) in [5.41, 5.74) is 2.08. The molecule has 22 heavy (non-hydrogen) atoms. The predicted molar refractivity (Wildman–Crippen MR) is 85.4 cm³/mol. The predicted octanol–water partition coefficient (Wildman–Crippen LogP) is 3.71. The van der Waals surface area contributed by atoms with Gasteiger partial charge in [-0.25, -0.2) is 4.79 Å². The van der Waals surface area contributed by atoms with Gasteiger partial charge in [0, 0.05) is 5.41 Å². The van der Waals surface area contributed by atoms with Crippen LogP contribution >= 0.6 is 0 Å². The van der Waals surface area contributed by atoms with E-state index in [-0.39, 0.29) is 5.41 Å². The van der Waals surface area contributed by atoms with Crippen molar-refractivity contribution in [2.24, 2.45) is 0 Å². The largest absolute Gasteiger partial charge is 0.453 e. The van der Waals surface area contributed by atoms with E-state index in [1.165, 1.54) is 0 Å². The van der Waals surface area contributed by atoms with Crippen LogP contribution in [0.1, 0.15) is 25.0 Å². The molecule has 0 saturated carbocycles. The van der Waals surface area contributed by atoms with E-state index in [0.717, 1.165) is 17.4 Å². The molecule has 0 radical (unpaired) electrons. The quantitative estimate of drug-likeness (QED) is 0.479. The van der Waals surface area contributed by atoms with Crippen molar-refractivity contribution >= 4 is 5.94 Å². The second-order valence-corrected chi connectivity index (χ2v) is 5.25.